The van der Waals surface area contributed by atoms with Gasteiger partial charge in [0.1, 0.15) is 11.5 Å². The maximum absolute atomic E-state index is 11.2. The molecule has 1 N–H and O–H groups in total. The van der Waals surface area contributed by atoms with Crippen molar-refractivity contribution >= 4 is 23.3 Å². The Bertz CT molecular complexity index is 773. The number of nitrogens with zero attached hydrogens (tertiary/aromatic N) is 1. The average molecular weight is 322 g/mol. The van der Waals surface area contributed by atoms with Gasteiger partial charge in [0.25, 0.3) is 5.69 Å². The molecule has 0 aliphatic carbocycles. The van der Waals surface area contributed by atoms with E-state index >= 15 is 0 Å². The van der Waals surface area contributed by atoms with Gasteiger partial charge in [0.05, 0.1) is 15.5 Å². The number of hydrogen-bond acceptors (Lipinski definition) is 4. The van der Waals surface area contributed by atoms with Crippen LogP contribution in [-0.2, 0) is 0 Å². The Morgan fingerprint density at radius 3 is 2.50 bits per heavy atom. The van der Waals surface area contributed by atoms with Crippen LogP contribution in [0.5, 0.6) is 11.5 Å². The van der Waals surface area contributed by atoms with Gasteiger partial charge in [0, 0.05) is 12.1 Å². The van der Waals surface area contributed by atoms with Crippen LogP contribution in [0, 0.1) is 24.0 Å². The minimum Gasteiger partial charge on any atom is -0.478 e. The van der Waals surface area contributed by atoms with Crippen molar-refractivity contribution in [2.75, 3.05) is 0 Å². The molecule has 0 radical (unpaired) electrons. The van der Waals surface area contributed by atoms with E-state index in [1.165, 1.54) is 24.3 Å². The van der Waals surface area contributed by atoms with E-state index in [1.807, 2.05) is 0 Å². The van der Waals surface area contributed by atoms with Crippen LogP contribution < -0.4 is 4.74 Å². The monoisotopic (exact) mass is 321 g/mol. The molecule has 0 saturated carbocycles. The van der Waals surface area contributed by atoms with Gasteiger partial charge in [-0.1, -0.05) is 11.6 Å². The summed E-state index contributed by atoms with van der Waals surface area (Å²) in [5, 5.41) is 19.9. The van der Waals surface area contributed by atoms with Crippen molar-refractivity contribution < 1.29 is 19.6 Å². The molecule has 7 heteroatoms. The van der Waals surface area contributed by atoms with Gasteiger partial charge in [-0.25, -0.2) is 4.79 Å². The van der Waals surface area contributed by atoms with Crippen molar-refractivity contribution in [1.29, 1.82) is 0 Å². The molecule has 0 amide bonds. The fourth-order valence-electron chi connectivity index (χ4n) is 1.92. The number of halogens is 1. The maximum atomic E-state index is 11.2. The molecule has 0 bridgehead atoms. The molecule has 6 nitrogen and oxygen atoms in total. The molecule has 0 spiro atoms. The van der Waals surface area contributed by atoms with Crippen molar-refractivity contribution in [3.63, 3.8) is 0 Å². The van der Waals surface area contributed by atoms with Gasteiger partial charge < -0.3 is 9.84 Å². The van der Waals surface area contributed by atoms with E-state index in [9.17, 15) is 20.0 Å². The Balaban J connectivity index is 2.39. The summed E-state index contributed by atoms with van der Waals surface area (Å²) in [6.45, 7) is 3.48. The average Bonchev–Trinajstić information content (AvgIpc) is 2.44. The number of carbonyl (C=O) groups is 1. The Morgan fingerprint density at radius 2 is 1.95 bits per heavy atom. The minimum absolute atomic E-state index is 0.0734. The van der Waals surface area contributed by atoms with Gasteiger partial charge in [-0.2, -0.15) is 0 Å². The highest BCUT2D eigenvalue weighted by Crippen LogP contribution is 2.33. The highest BCUT2D eigenvalue weighted by Gasteiger charge is 2.14. The van der Waals surface area contributed by atoms with Crippen molar-refractivity contribution in [2.45, 2.75) is 13.8 Å². The Hall–Kier alpha value is -2.60. The molecule has 0 atom stereocenters. The van der Waals surface area contributed by atoms with Crippen LogP contribution in [0.15, 0.2) is 30.3 Å². The highest BCUT2D eigenvalue weighted by atomic mass is 35.5. The fourth-order valence-corrected chi connectivity index (χ4v) is 2.13. The summed E-state index contributed by atoms with van der Waals surface area (Å²) in [5.41, 5.74) is 1.39. The Kier molecular flexibility index (Phi) is 4.32. The summed E-state index contributed by atoms with van der Waals surface area (Å²) in [5.74, 6) is -0.538. The number of hydrogen-bond donors (Lipinski definition) is 1. The Labute approximate surface area is 131 Å². The zero-order chi connectivity index (χ0) is 16.4. The first-order valence-electron chi connectivity index (χ1n) is 6.26. The zero-order valence-corrected chi connectivity index (χ0v) is 12.5. The van der Waals surface area contributed by atoms with Crippen molar-refractivity contribution in [3.05, 3.63) is 62.2 Å². The maximum Gasteiger partial charge on any atom is 0.336 e. The second-order valence-corrected chi connectivity index (χ2v) is 5.10. The molecule has 2 aromatic rings. The van der Waals surface area contributed by atoms with E-state index in [4.69, 9.17) is 16.3 Å². The smallest absolute Gasteiger partial charge is 0.336 e. The zero-order valence-electron chi connectivity index (χ0n) is 11.8. The molecule has 0 aliphatic heterocycles. The van der Waals surface area contributed by atoms with E-state index in [0.717, 1.165) is 5.56 Å². The molecule has 0 aromatic heterocycles. The third-order valence-electron chi connectivity index (χ3n) is 3.23. The number of nitro benzene ring substituents is 1. The highest BCUT2D eigenvalue weighted by molar-refractivity contribution is 6.32. The number of aryl methyl sites for hydroxylation is 1. The van der Waals surface area contributed by atoms with Gasteiger partial charge in [0.15, 0.2) is 0 Å². The van der Waals surface area contributed by atoms with Gasteiger partial charge in [-0.15, -0.1) is 0 Å². The number of aromatic carboxylic acids is 1. The minimum atomic E-state index is -1.05. The van der Waals surface area contributed by atoms with Gasteiger partial charge in [-0.3, -0.25) is 10.1 Å². The predicted molar refractivity (Wildman–Crippen MR) is 81.1 cm³/mol. The lowest BCUT2D eigenvalue weighted by molar-refractivity contribution is -0.384. The van der Waals surface area contributed by atoms with Gasteiger partial charge in [-0.05, 0) is 43.2 Å². The number of carboxylic acid groups (broad SMARTS) is 1. The van der Waals surface area contributed by atoms with Crippen LogP contribution in [0.3, 0.4) is 0 Å². The molecule has 22 heavy (non-hydrogen) atoms. The first-order valence-corrected chi connectivity index (χ1v) is 6.63. The second-order valence-electron chi connectivity index (χ2n) is 4.69. The van der Waals surface area contributed by atoms with Crippen LogP contribution in [0.1, 0.15) is 21.5 Å². The van der Waals surface area contributed by atoms with E-state index in [2.05, 4.69) is 0 Å². The Morgan fingerprint density at radius 1 is 1.27 bits per heavy atom. The number of benzene rings is 2. The van der Waals surface area contributed by atoms with E-state index in [0.29, 0.717) is 11.3 Å². The van der Waals surface area contributed by atoms with Crippen molar-refractivity contribution in [1.82, 2.24) is 0 Å². The second kappa shape index (κ2) is 6.03. The van der Waals surface area contributed by atoms with E-state index in [-0.39, 0.29) is 22.0 Å². The molecular weight excluding hydrogens is 310 g/mol. The number of non-ortho nitro benzene ring substituents is 1. The lowest BCUT2D eigenvalue weighted by atomic mass is 10.0. The summed E-state index contributed by atoms with van der Waals surface area (Å²) >= 11 is 5.95. The van der Waals surface area contributed by atoms with Crippen LogP contribution >= 0.6 is 11.6 Å². The fraction of sp³-hybridized carbons (Fsp3) is 0.133. The lowest BCUT2D eigenvalue weighted by Crippen LogP contribution is -2.02. The first-order chi connectivity index (χ1) is 10.3. The molecule has 114 valence electrons. The summed E-state index contributed by atoms with van der Waals surface area (Å²) in [4.78, 5) is 21.3. The first kappa shape index (κ1) is 15.8. The van der Waals surface area contributed by atoms with Crippen LogP contribution in [0.4, 0.5) is 5.69 Å². The molecular formula is C15H12ClNO5. The molecule has 0 aliphatic rings. The molecule has 0 fully saturated rings. The van der Waals surface area contributed by atoms with E-state index < -0.39 is 10.9 Å². The molecule has 2 aromatic carbocycles. The molecule has 0 heterocycles. The summed E-state index contributed by atoms with van der Waals surface area (Å²) in [6, 6.07) is 6.88. The standard InChI is InChI=1S/C15H12ClNO5/c1-8-5-11(7-12(9(8)2)15(18)19)22-14-4-3-10(17(20)21)6-13(14)16/h3-7H,1-2H3,(H,18,19). The molecule has 0 saturated heterocycles. The molecule has 0 unspecified atom stereocenters. The quantitative estimate of drug-likeness (QED) is 0.667. The largest absolute Gasteiger partial charge is 0.478 e. The number of rotatable bonds is 4. The normalized spacial score (nSPS) is 10.3. The number of carboxylic acids is 1. The molecule has 2 rings (SSSR count). The van der Waals surface area contributed by atoms with Crippen LogP contribution in [-0.4, -0.2) is 16.0 Å². The van der Waals surface area contributed by atoms with Crippen LogP contribution in [0.2, 0.25) is 5.02 Å². The summed E-state index contributed by atoms with van der Waals surface area (Å²) in [6.07, 6.45) is 0. The van der Waals surface area contributed by atoms with E-state index in [1.54, 1.807) is 19.9 Å². The van der Waals surface area contributed by atoms with Gasteiger partial charge in [0.2, 0.25) is 0 Å². The van der Waals surface area contributed by atoms with Gasteiger partial charge >= 0.3 is 5.97 Å². The third kappa shape index (κ3) is 3.17. The van der Waals surface area contributed by atoms with Crippen molar-refractivity contribution in [2.24, 2.45) is 0 Å². The number of nitro groups is 1. The summed E-state index contributed by atoms with van der Waals surface area (Å²) < 4.78 is 5.55. The summed E-state index contributed by atoms with van der Waals surface area (Å²) in [7, 11) is 0. The van der Waals surface area contributed by atoms with Crippen molar-refractivity contribution in [3.8, 4) is 11.5 Å². The lowest BCUT2D eigenvalue weighted by Gasteiger charge is -2.11. The predicted octanol–water partition coefficient (Wildman–Crippen LogP) is 4.36. The third-order valence-corrected chi connectivity index (χ3v) is 3.52. The van der Waals surface area contributed by atoms with Crippen LogP contribution in [0.25, 0.3) is 0 Å². The number of ether oxygens (including phenoxy) is 1. The topological polar surface area (TPSA) is 89.7 Å². The SMILES string of the molecule is Cc1cc(Oc2ccc([N+](=O)[O-])cc2Cl)cc(C(=O)O)c1C.